The summed E-state index contributed by atoms with van der Waals surface area (Å²) >= 11 is 0. The Balaban J connectivity index is 1.69. The van der Waals surface area contributed by atoms with Gasteiger partial charge in [-0.15, -0.1) is 0 Å². The van der Waals surface area contributed by atoms with Crippen LogP contribution in [0.5, 0.6) is 0 Å². The molecule has 1 heterocycles. The van der Waals surface area contributed by atoms with Crippen LogP contribution < -0.4 is 0 Å². The van der Waals surface area contributed by atoms with Gasteiger partial charge in [0, 0.05) is 6.42 Å². The standard InChI is InChI=1S/C16H22N2/c1-12-6-5-9-14-16(12)18-15(17-14)11-10-13-7-3-2-4-8-13/h5-6,9,13H,2-4,7-8,10-11H2,1H3,(H,17,18). The molecule has 0 amide bonds. The highest BCUT2D eigenvalue weighted by Crippen LogP contribution is 2.27. The predicted molar refractivity (Wildman–Crippen MR) is 75.7 cm³/mol. The molecule has 2 nitrogen and oxygen atoms in total. The van der Waals surface area contributed by atoms with Gasteiger partial charge in [0.2, 0.25) is 0 Å². The van der Waals surface area contributed by atoms with Gasteiger partial charge < -0.3 is 4.98 Å². The van der Waals surface area contributed by atoms with Gasteiger partial charge in [-0.05, 0) is 30.9 Å². The van der Waals surface area contributed by atoms with Crippen molar-refractivity contribution in [3.63, 3.8) is 0 Å². The molecule has 1 fully saturated rings. The zero-order valence-corrected chi connectivity index (χ0v) is 11.2. The molecular formula is C16H22N2. The normalized spacial score (nSPS) is 17.4. The van der Waals surface area contributed by atoms with Gasteiger partial charge in [-0.3, -0.25) is 0 Å². The van der Waals surface area contributed by atoms with Gasteiger partial charge in [0.15, 0.2) is 0 Å². The van der Waals surface area contributed by atoms with E-state index in [0.717, 1.165) is 17.9 Å². The molecule has 1 aromatic heterocycles. The lowest BCUT2D eigenvalue weighted by Crippen LogP contribution is -2.07. The predicted octanol–water partition coefficient (Wildman–Crippen LogP) is 4.38. The Morgan fingerprint density at radius 3 is 2.83 bits per heavy atom. The number of nitrogens with zero attached hydrogens (tertiary/aromatic N) is 1. The van der Waals surface area contributed by atoms with Crippen molar-refractivity contribution in [1.29, 1.82) is 0 Å². The van der Waals surface area contributed by atoms with E-state index in [2.05, 4.69) is 30.1 Å². The number of benzene rings is 1. The molecule has 18 heavy (non-hydrogen) atoms. The highest BCUT2D eigenvalue weighted by molar-refractivity contribution is 5.78. The summed E-state index contributed by atoms with van der Waals surface area (Å²) in [7, 11) is 0. The molecule has 0 saturated heterocycles. The van der Waals surface area contributed by atoms with E-state index in [9.17, 15) is 0 Å². The fraction of sp³-hybridized carbons (Fsp3) is 0.562. The Bertz CT molecular complexity index is 521. The average Bonchev–Trinajstić information content (AvgIpc) is 2.82. The van der Waals surface area contributed by atoms with Gasteiger partial charge in [0.25, 0.3) is 0 Å². The molecule has 0 atom stereocenters. The third-order valence-electron chi connectivity index (χ3n) is 4.28. The van der Waals surface area contributed by atoms with E-state index in [0.29, 0.717) is 0 Å². The van der Waals surface area contributed by atoms with Crippen molar-refractivity contribution in [2.75, 3.05) is 0 Å². The summed E-state index contributed by atoms with van der Waals surface area (Å²) < 4.78 is 0. The van der Waals surface area contributed by atoms with Crippen LogP contribution in [0.25, 0.3) is 11.0 Å². The quantitative estimate of drug-likeness (QED) is 0.850. The van der Waals surface area contributed by atoms with Crippen LogP contribution in [0.1, 0.15) is 49.9 Å². The minimum absolute atomic E-state index is 0.938. The number of imidazole rings is 1. The first-order chi connectivity index (χ1) is 8.83. The fourth-order valence-electron chi connectivity index (χ4n) is 3.16. The van der Waals surface area contributed by atoms with Crippen molar-refractivity contribution < 1.29 is 0 Å². The molecule has 2 aromatic rings. The summed E-state index contributed by atoms with van der Waals surface area (Å²) in [5.41, 5.74) is 3.61. The van der Waals surface area contributed by atoms with Gasteiger partial charge in [-0.2, -0.15) is 0 Å². The summed E-state index contributed by atoms with van der Waals surface area (Å²) in [5.74, 6) is 2.11. The SMILES string of the molecule is Cc1cccc2[nH]c(CCC3CCCCC3)nc12. The van der Waals surface area contributed by atoms with E-state index in [4.69, 9.17) is 4.98 Å². The molecule has 0 unspecified atom stereocenters. The number of rotatable bonds is 3. The second-order valence-corrected chi connectivity index (χ2v) is 5.70. The maximum atomic E-state index is 4.74. The maximum Gasteiger partial charge on any atom is 0.107 e. The van der Waals surface area contributed by atoms with Gasteiger partial charge >= 0.3 is 0 Å². The molecule has 1 N–H and O–H groups in total. The molecule has 3 rings (SSSR count). The van der Waals surface area contributed by atoms with Gasteiger partial charge in [0.1, 0.15) is 5.82 Å². The molecule has 2 heteroatoms. The zero-order valence-electron chi connectivity index (χ0n) is 11.2. The minimum Gasteiger partial charge on any atom is -0.342 e. The largest absolute Gasteiger partial charge is 0.342 e. The molecule has 0 aliphatic heterocycles. The smallest absolute Gasteiger partial charge is 0.107 e. The summed E-state index contributed by atoms with van der Waals surface area (Å²) in [6, 6.07) is 6.36. The van der Waals surface area contributed by atoms with Crippen LogP contribution in [0.2, 0.25) is 0 Å². The number of fused-ring (bicyclic) bond motifs is 1. The molecule has 0 spiro atoms. The van der Waals surface area contributed by atoms with Crippen LogP contribution in [-0.4, -0.2) is 9.97 Å². The second kappa shape index (κ2) is 5.13. The van der Waals surface area contributed by atoms with Crippen LogP contribution in [0.4, 0.5) is 0 Å². The van der Waals surface area contributed by atoms with Gasteiger partial charge in [-0.1, -0.05) is 44.2 Å². The van der Waals surface area contributed by atoms with Crippen LogP contribution in [-0.2, 0) is 6.42 Å². The third kappa shape index (κ3) is 2.43. The van der Waals surface area contributed by atoms with E-state index >= 15 is 0 Å². The first-order valence-electron chi connectivity index (χ1n) is 7.27. The molecule has 0 radical (unpaired) electrons. The number of para-hydroxylation sites is 1. The van der Waals surface area contributed by atoms with Crippen molar-refractivity contribution >= 4 is 11.0 Å². The van der Waals surface area contributed by atoms with E-state index in [-0.39, 0.29) is 0 Å². The lowest BCUT2D eigenvalue weighted by molar-refractivity contribution is 0.337. The van der Waals surface area contributed by atoms with Crippen molar-refractivity contribution in [2.45, 2.75) is 51.9 Å². The van der Waals surface area contributed by atoms with Crippen molar-refractivity contribution in [2.24, 2.45) is 5.92 Å². The number of hydrogen-bond donors (Lipinski definition) is 1. The maximum absolute atomic E-state index is 4.74. The van der Waals surface area contributed by atoms with Crippen LogP contribution >= 0.6 is 0 Å². The molecular weight excluding hydrogens is 220 g/mol. The second-order valence-electron chi connectivity index (χ2n) is 5.70. The molecule has 0 bridgehead atoms. The molecule has 1 aliphatic carbocycles. The van der Waals surface area contributed by atoms with Crippen LogP contribution in [0, 0.1) is 12.8 Å². The first-order valence-corrected chi connectivity index (χ1v) is 7.27. The topological polar surface area (TPSA) is 28.7 Å². The van der Waals surface area contributed by atoms with E-state index in [1.807, 2.05) is 0 Å². The molecule has 1 saturated carbocycles. The number of H-pyrrole nitrogens is 1. The highest BCUT2D eigenvalue weighted by Gasteiger charge is 2.14. The Morgan fingerprint density at radius 2 is 2.06 bits per heavy atom. The Labute approximate surface area is 109 Å². The average molecular weight is 242 g/mol. The zero-order chi connectivity index (χ0) is 12.4. The van der Waals surface area contributed by atoms with Gasteiger partial charge in [-0.25, -0.2) is 4.98 Å². The number of aromatic amines is 1. The van der Waals surface area contributed by atoms with E-state index in [1.54, 1.807) is 0 Å². The Morgan fingerprint density at radius 1 is 1.22 bits per heavy atom. The highest BCUT2D eigenvalue weighted by atomic mass is 14.9. The summed E-state index contributed by atoms with van der Waals surface area (Å²) in [6.07, 6.45) is 9.59. The molecule has 96 valence electrons. The monoisotopic (exact) mass is 242 g/mol. The number of hydrogen-bond acceptors (Lipinski definition) is 1. The lowest BCUT2D eigenvalue weighted by atomic mass is 9.86. The molecule has 1 aliphatic rings. The van der Waals surface area contributed by atoms with Gasteiger partial charge in [0.05, 0.1) is 11.0 Å². The van der Waals surface area contributed by atoms with Crippen LogP contribution in [0.15, 0.2) is 18.2 Å². The molecule has 1 aromatic carbocycles. The number of aryl methyl sites for hydroxylation is 2. The van der Waals surface area contributed by atoms with Crippen molar-refractivity contribution in [1.82, 2.24) is 9.97 Å². The third-order valence-corrected chi connectivity index (χ3v) is 4.28. The van der Waals surface area contributed by atoms with E-state index < -0.39 is 0 Å². The van der Waals surface area contributed by atoms with Crippen LogP contribution in [0.3, 0.4) is 0 Å². The van der Waals surface area contributed by atoms with E-state index in [1.165, 1.54) is 55.4 Å². The van der Waals surface area contributed by atoms with Crippen molar-refractivity contribution in [3.8, 4) is 0 Å². The summed E-state index contributed by atoms with van der Waals surface area (Å²) in [5, 5.41) is 0. The Kier molecular flexibility index (Phi) is 3.35. The lowest BCUT2D eigenvalue weighted by Gasteiger charge is -2.20. The number of aromatic nitrogens is 2. The fourth-order valence-corrected chi connectivity index (χ4v) is 3.16. The minimum atomic E-state index is 0.938. The first kappa shape index (κ1) is 11.8. The summed E-state index contributed by atoms with van der Waals surface area (Å²) in [4.78, 5) is 8.21. The summed E-state index contributed by atoms with van der Waals surface area (Å²) in [6.45, 7) is 2.13. The number of nitrogens with one attached hydrogen (secondary N) is 1. The Hall–Kier alpha value is -1.31. The van der Waals surface area contributed by atoms with Crippen molar-refractivity contribution in [3.05, 3.63) is 29.6 Å².